The Hall–Kier alpha value is 2.07. The molecule has 0 fully saturated rings. The average molecular weight is 510 g/mol. The quantitative estimate of drug-likeness (QED) is 0.345. The Kier molecular flexibility index (Phi) is 80.0. The molecule has 50 valence electrons. The molecule has 0 heterocycles. The van der Waals surface area contributed by atoms with Crippen LogP contribution in [-0.2, 0) is 21.1 Å². The molecule has 0 aliphatic rings. The summed E-state index contributed by atoms with van der Waals surface area (Å²) in [5.41, 5.74) is 4.78. The minimum Gasteiger partial charge on any atom is -1.00 e. The van der Waals surface area contributed by atoms with Gasteiger partial charge in [-0.3, -0.25) is 0 Å². The summed E-state index contributed by atoms with van der Waals surface area (Å²) in [6.07, 6.45) is 0. The third-order valence-electron chi connectivity index (χ3n) is 0.129. The number of aliphatic hydroxyl groups excluding tert-OH is 1. The van der Waals surface area contributed by atoms with E-state index in [0.29, 0.717) is 6.54 Å². The van der Waals surface area contributed by atoms with Gasteiger partial charge in [-0.05, 0) is 0 Å². The molecule has 0 rings (SSSR count). The fourth-order valence-corrected chi connectivity index (χ4v) is 0. The van der Waals surface area contributed by atoms with Crippen molar-refractivity contribution in [3.05, 3.63) is 0 Å². The van der Waals surface area contributed by atoms with Gasteiger partial charge in [-0.1, -0.05) is 0 Å². The van der Waals surface area contributed by atoms with Crippen LogP contribution in [0.5, 0.6) is 0 Å². The number of hydrogen-bond acceptors (Lipinski definition) is 2. The van der Waals surface area contributed by atoms with Crippen LogP contribution in [0.1, 0.15) is 0 Å². The summed E-state index contributed by atoms with van der Waals surface area (Å²) in [4.78, 5) is 0. The van der Waals surface area contributed by atoms with E-state index in [-0.39, 0.29) is 75.6 Å². The van der Waals surface area contributed by atoms with E-state index >= 15 is 0 Å². The van der Waals surface area contributed by atoms with E-state index in [1.165, 1.54) is 0 Å². The molecular weight excluding hydrogens is 503 g/mol. The molecule has 0 saturated heterocycles. The van der Waals surface area contributed by atoms with Crippen molar-refractivity contribution >= 4 is 0 Å². The fraction of sp³-hybridized carbons (Fsp3) is 1.00. The van der Waals surface area contributed by atoms with Gasteiger partial charge in [-0.15, -0.1) is 0 Å². The maximum atomic E-state index is 7.75. The van der Waals surface area contributed by atoms with E-state index in [1.807, 2.05) is 0 Å². The van der Waals surface area contributed by atoms with Gasteiger partial charge >= 0.3 is 21.1 Å². The second-order valence-electron chi connectivity index (χ2n) is 0.512. The third-order valence-corrected chi connectivity index (χ3v) is 0.129. The zero-order valence-electron chi connectivity index (χ0n) is 3.51. The molecule has 0 aromatic rings. The standard InChI is InChI=1S/C2H7NO.2HI.Pt/c3-1-2-4;;;/h4H,1-3H2;2*1H;/q;;;+2/p-2. The molecule has 5 heteroatoms. The number of hydrogen-bond donors (Lipinski definition) is 2. The van der Waals surface area contributed by atoms with E-state index in [9.17, 15) is 0 Å². The predicted octanol–water partition coefficient (Wildman–Crippen LogP) is -7.06. The van der Waals surface area contributed by atoms with Crippen LogP contribution in [0, 0.1) is 0 Å². The molecular formula is C2H7I2NOPt. The molecule has 0 unspecified atom stereocenters. The number of rotatable bonds is 1. The Morgan fingerprint density at radius 2 is 1.43 bits per heavy atom. The topological polar surface area (TPSA) is 46.2 Å². The SMILES string of the molecule is NCCO.[I-].[I-].[Pt+2]. The van der Waals surface area contributed by atoms with Crippen LogP contribution in [-0.4, -0.2) is 18.3 Å². The van der Waals surface area contributed by atoms with Gasteiger partial charge in [0, 0.05) is 6.54 Å². The Balaban J connectivity index is -0.0000000150. The molecule has 0 spiro atoms. The fourth-order valence-electron chi connectivity index (χ4n) is 0. The molecule has 0 amide bonds. The second-order valence-corrected chi connectivity index (χ2v) is 0.512. The Morgan fingerprint density at radius 1 is 1.29 bits per heavy atom. The van der Waals surface area contributed by atoms with Crippen LogP contribution < -0.4 is 53.7 Å². The number of nitrogens with two attached hydrogens (primary N) is 1. The van der Waals surface area contributed by atoms with Crippen molar-refractivity contribution in [1.82, 2.24) is 0 Å². The molecule has 0 aliphatic heterocycles. The summed E-state index contributed by atoms with van der Waals surface area (Å²) >= 11 is 0. The van der Waals surface area contributed by atoms with E-state index in [4.69, 9.17) is 10.8 Å². The van der Waals surface area contributed by atoms with Gasteiger partial charge in [0.15, 0.2) is 0 Å². The normalized spacial score (nSPS) is 4.29. The van der Waals surface area contributed by atoms with Crippen LogP contribution in [0.15, 0.2) is 0 Å². The molecule has 0 atom stereocenters. The Labute approximate surface area is 91.9 Å². The first kappa shape index (κ1) is 23.0. The van der Waals surface area contributed by atoms with Crippen molar-refractivity contribution in [2.45, 2.75) is 0 Å². The van der Waals surface area contributed by atoms with Crippen molar-refractivity contribution in [3.8, 4) is 0 Å². The number of aliphatic hydroxyl groups is 1. The van der Waals surface area contributed by atoms with Crippen LogP contribution in [0.4, 0.5) is 0 Å². The Morgan fingerprint density at radius 3 is 1.43 bits per heavy atom. The van der Waals surface area contributed by atoms with Gasteiger partial charge in [-0.2, -0.15) is 0 Å². The summed E-state index contributed by atoms with van der Waals surface area (Å²) in [5.74, 6) is 0. The molecule has 0 aromatic heterocycles. The average Bonchev–Trinajstić information content (AvgIpc) is 1.37. The van der Waals surface area contributed by atoms with Crippen molar-refractivity contribution in [2.75, 3.05) is 13.2 Å². The minimum absolute atomic E-state index is 0. The van der Waals surface area contributed by atoms with Crippen molar-refractivity contribution in [2.24, 2.45) is 5.73 Å². The van der Waals surface area contributed by atoms with Crippen LogP contribution >= 0.6 is 0 Å². The van der Waals surface area contributed by atoms with E-state index in [0.717, 1.165) is 0 Å². The van der Waals surface area contributed by atoms with E-state index < -0.39 is 0 Å². The van der Waals surface area contributed by atoms with Gasteiger partial charge in [0.25, 0.3) is 0 Å². The summed E-state index contributed by atoms with van der Waals surface area (Å²) < 4.78 is 0. The van der Waals surface area contributed by atoms with E-state index in [1.54, 1.807) is 0 Å². The second kappa shape index (κ2) is 24.4. The Bertz CT molecular complexity index is 17.7. The van der Waals surface area contributed by atoms with Crippen molar-refractivity contribution < 1.29 is 74.1 Å². The van der Waals surface area contributed by atoms with Gasteiger partial charge in [0.1, 0.15) is 0 Å². The van der Waals surface area contributed by atoms with Crippen LogP contribution in [0.25, 0.3) is 0 Å². The van der Waals surface area contributed by atoms with Gasteiger partial charge < -0.3 is 58.8 Å². The summed E-state index contributed by atoms with van der Waals surface area (Å²) in [6.45, 7) is 0.472. The van der Waals surface area contributed by atoms with Crippen LogP contribution in [0.3, 0.4) is 0 Å². The van der Waals surface area contributed by atoms with Crippen molar-refractivity contribution in [3.63, 3.8) is 0 Å². The summed E-state index contributed by atoms with van der Waals surface area (Å²) in [5, 5.41) is 7.75. The molecule has 0 aromatic carbocycles. The first-order valence-electron chi connectivity index (χ1n) is 1.22. The van der Waals surface area contributed by atoms with E-state index in [2.05, 4.69) is 0 Å². The number of halogens is 2. The van der Waals surface area contributed by atoms with Gasteiger partial charge in [0.05, 0.1) is 6.61 Å². The third kappa shape index (κ3) is 31.6. The zero-order chi connectivity index (χ0) is 3.41. The molecule has 0 saturated carbocycles. The first-order chi connectivity index (χ1) is 1.91. The molecule has 0 radical (unpaired) electrons. The van der Waals surface area contributed by atoms with Gasteiger partial charge in [0.2, 0.25) is 0 Å². The molecule has 0 aliphatic carbocycles. The first-order valence-corrected chi connectivity index (χ1v) is 1.22. The molecule has 3 N–H and O–H groups in total. The molecule has 7 heavy (non-hydrogen) atoms. The van der Waals surface area contributed by atoms with Crippen LogP contribution in [0.2, 0.25) is 0 Å². The predicted molar refractivity (Wildman–Crippen MR) is 16.1 cm³/mol. The largest absolute Gasteiger partial charge is 2.00 e. The van der Waals surface area contributed by atoms with Crippen molar-refractivity contribution in [1.29, 1.82) is 0 Å². The summed E-state index contributed by atoms with van der Waals surface area (Å²) in [6, 6.07) is 0. The minimum atomic E-state index is 0. The monoisotopic (exact) mass is 510 g/mol. The maximum Gasteiger partial charge on any atom is 2.00 e. The molecule has 2 nitrogen and oxygen atoms in total. The zero-order valence-corrected chi connectivity index (χ0v) is 10.1. The molecule has 0 bridgehead atoms. The summed E-state index contributed by atoms with van der Waals surface area (Å²) in [7, 11) is 0. The maximum absolute atomic E-state index is 7.75. The van der Waals surface area contributed by atoms with Gasteiger partial charge in [-0.25, -0.2) is 0 Å². The smallest absolute Gasteiger partial charge is 1.00 e.